The predicted octanol–water partition coefficient (Wildman–Crippen LogP) is 2.81. The number of amides is 1. The molecule has 26 heavy (non-hydrogen) atoms. The minimum atomic E-state index is -3.85. The van der Waals surface area contributed by atoms with Crippen molar-refractivity contribution in [1.82, 2.24) is 15.2 Å². The second-order valence-corrected chi connectivity index (χ2v) is 7.53. The lowest BCUT2D eigenvalue weighted by molar-refractivity contribution is 0.0940. The fraction of sp³-hybridized carbons (Fsp3) is 0.158. The minimum absolute atomic E-state index is 0.0872. The van der Waals surface area contributed by atoms with Gasteiger partial charge in [-0.3, -0.25) is 10.2 Å². The summed E-state index contributed by atoms with van der Waals surface area (Å²) < 4.78 is 24.6. The average molecular weight is 369 g/mol. The molecule has 0 aliphatic heterocycles. The number of pyridine rings is 1. The molecule has 0 atom stereocenters. The van der Waals surface area contributed by atoms with Gasteiger partial charge in [0.15, 0.2) is 0 Å². The van der Waals surface area contributed by atoms with Crippen molar-refractivity contribution in [2.24, 2.45) is 0 Å². The van der Waals surface area contributed by atoms with Crippen LogP contribution in [0.2, 0.25) is 0 Å². The molecule has 0 unspecified atom stereocenters. The van der Waals surface area contributed by atoms with Crippen molar-refractivity contribution in [1.29, 1.82) is 0 Å². The van der Waals surface area contributed by atoms with Crippen LogP contribution >= 0.6 is 0 Å². The van der Waals surface area contributed by atoms with Crippen LogP contribution < -0.4 is 10.3 Å². The van der Waals surface area contributed by atoms with E-state index in [1.807, 2.05) is 18.2 Å². The van der Waals surface area contributed by atoms with Crippen molar-refractivity contribution >= 4 is 26.8 Å². The van der Waals surface area contributed by atoms with Gasteiger partial charge in [0.1, 0.15) is 5.69 Å². The van der Waals surface area contributed by atoms with Gasteiger partial charge >= 0.3 is 0 Å². The third kappa shape index (κ3) is 4.07. The van der Waals surface area contributed by atoms with E-state index in [2.05, 4.69) is 22.2 Å². The number of benzene rings is 2. The van der Waals surface area contributed by atoms with Crippen LogP contribution in [0.5, 0.6) is 0 Å². The van der Waals surface area contributed by atoms with Crippen molar-refractivity contribution in [2.75, 3.05) is 0 Å². The highest BCUT2D eigenvalue weighted by Crippen LogP contribution is 2.13. The topological polar surface area (TPSA) is 88.2 Å². The summed E-state index contributed by atoms with van der Waals surface area (Å²) in [5.41, 5.74) is 4.06. The largest absolute Gasteiger partial charge is 0.284 e. The summed E-state index contributed by atoms with van der Waals surface area (Å²) in [5.74, 6) is -0.623. The van der Waals surface area contributed by atoms with Crippen LogP contribution in [0.3, 0.4) is 0 Å². The summed E-state index contributed by atoms with van der Waals surface area (Å²) in [6, 6.07) is 17.3. The lowest BCUT2D eigenvalue weighted by atomic mass is 10.1. The lowest BCUT2D eigenvalue weighted by Gasteiger charge is -2.09. The number of hydrazine groups is 1. The number of nitrogens with zero attached hydrogens (tertiary/aromatic N) is 1. The van der Waals surface area contributed by atoms with Crippen LogP contribution in [-0.2, 0) is 16.4 Å². The van der Waals surface area contributed by atoms with Gasteiger partial charge in [0.2, 0.25) is 0 Å². The molecule has 3 aromatic rings. The molecule has 0 fully saturated rings. The molecule has 0 aliphatic rings. The molecule has 0 bridgehead atoms. The number of aryl methyl sites for hydroxylation is 1. The first kappa shape index (κ1) is 18.0. The first-order chi connectivity index (χ1) is 12.5. The van der Waals surface area contributed by atoms with Crippen molar-refractivity contribution in [3.8, 4) is 0 Å². The molecule has 0 radical (unpaired) electrons. The molecule has 2 aromatic carbocycles. The first-order valence-electron chi connectivity index (χ1n) is 8.26. The fourth-order valence-corrected chi connectivity index (χ4v) is 3.39. The van der Waals surface area contributed by atoms with E-state index in [0.29, 0.717) is 5.52 Å². The number of hydrogen-bond donors (Lipinski definition) is 2. The Morgan fingerprint density at radius 1 is 1.00 bits per heavy atom. The van der Waals surface area contributed by atoms with Crippen LogP contribution in [0.15, 0.2) is 65.6 Å². The van der Waals surface area contributed by atoms with Gasteiger partial charge in [0.25, 0.3) is 15.9 Å². The lowest BCUT2D eigenvalue weighted by Crippen LogP contribution is -2.41. The van der Waals surface area contributed by atoms with E-state index in [9.17, 15) is 13.2 Å². The molecule has 2 N–H and O–H groups in total. The van der Waals surface area contributed by atoms with Gasteiger partial charge in [-0.25, -0.2) is 13.4 Å². The Balaban J connectivity index is 1.70. The highest BCUT2D eigenvalue weighted by Gasteiger charge is 2.16. The number of aromatic nitrogens is 1. The molecule has 0 saturated carbocycles. The maximum absolute atomic E-state index is 12.3. The van der Waals surface area contributed by atoms with Crippen molar-refractivity contribution in [3.63, 3.8) is 0 Å². The monoisotopic (exact) mass is 369 g/mol. The van der Waals surface area contributed by atoms with Gasteiger partial charge in [-0.2, -0.15) is 0 Å². The summed E-state index contributed by atoms with van der Waals surface area (Å²) >= 11 is 0. The van der Waals surface area contributed by atoms with E-state index in [-0.39, 0.29) is 10.6 Å². The summed E-state index contributed by atoms with van der Waals surface area (Å²) in [6.45, 7) is 2.06. The van der Waals surface area contributed by atoms with Crippen LogP contribution in [0, 0.1) is 0 Å². The third-order valence-electron chi connectivity index (χ3n) is 3.90. The number of fused-ring (bicyclic) bond motifs is 1. The molecular weight excluding hydrogens is 350 g/mol. The van der Waals surface area contributed by atoms with Gasteiger partial charge in [0.05, 0.1) is 10.4 Å². The summed E-state index contributed by atoms with van der Waals surface area (Å²) in [5, 5.41) is 0.900. The van der Waals surface area contributed by atoms with Crippen LogP contribution in [-0.4, -0.2) is 19.3 Å². The van der Waals surface area contributed by atoms with Crippen molar-refractivity contribution in [2.45, 2.75) is 24.7 Å². The minimum Gasteiger partial charge on any atom is -0.272 e. The van der Waals surface area contributed by atoms with Crippen molar-refractivity contribution in [3.05, 3.63) is 71.9 Å². The fourth-order valence-electron chi connectivity index (χ4n) is 2.55. The van der Waals surface area contributed by atoms with Gasteiger partial charge in [-0.15, -0.1) is 4.83 Å². The molecule has 1 amide bonds. The molecule has 1 aromatic heterocycles. The van der Waals surface area contributed by atoms with Crippen LogP contribution in [0.4, 0.5) is 0 Å². The number of rotatable bonds is 6. The van der Waals surface area contributed by atoms with E-state index >= 15 is 0 Å². The number of nitrogens with one attached hydrogen (secondary N) is 2. The smallest absolute Gasteiger partial charge is 0.272 e. The second-order valence-electron chi connectivity index (χ2n) is 5.84. The number of carbonyl (C=O) groups excluding carboxylic acids is 1. The number of carbonyl (C=O) groups is 1. The SMILES string of the molecule is CCCc1ccc(S(=O)(=O)NNC(=O)c2ccc3ccccc3n2)cc1. The van der Waals surface area contributed by atoms with E-state index in [1.54, 1.807) is 30.3 Å². The Hall–Kier alpha value is -2.77. The standard InChI is InChI=1S/C19H19N3O3S/c1-2-5-14-8-11-16(12-9-14)26(24,25)22-21-19(23)18-13-10-15-6-3-4-7-17(15)20-18/h3-4,6-13,22H,2,5H2,1H3,(H,21,23). The van der Waals surface area contributed by atoms with Crippen LogP contribution in [0.1, 0.15) is 29.4 Å². The van der Waals surface area contributed by atoms with Crippen LogP contribution in [0.25, 0.3) is 10.9 Å². The first-order valence-corrected chi connectivity index (χ1v) is 9.75. The van der Waals surface area contributed by atoms with E-state index in [0.717, 1.165) is 23.8 Å². The quantitative estimate of drug-likeness (QED) is 0.654. The normalized spacial score (nSPS) is 11.4. The predicted molar refractivity (Wildman–Crippen MR) is 100.0 cm³/mol. The molecule has 0 saturated heterocycles. The molecule has 3 rings (SSSR count). The molecule has 6 nitrogen and oxygen atoms in total. The summed E-state index contributed by atoms with van der Waals surface area (Å²) in [6.07, 6.45) is 1.87. The van der Waals surface area contributed by atoms with Crippen molar-refractivity contribution < 1.29 is 13.2 Å². The number of para-hydroxylation sites is 1. The van der Waals surface area contributed by atoms with Gasteiger partial charge in [0, 0.05) is 5.39 Å². The van der Waals surface area contributed by atoms with Gasteiger partial charge in [-0.1, -0.05) is 49.7 Å². The molecule has 134 valence electrons. The maximum atomic E-state index is 12.3. The Morgan fingerprint density at radius 3 is 2.46 bits per heavy atom. The molecule has 0 aliphatic carbocycles. The molecular formula is C19H19N3O3S. The zero-order valence-corrected chi connectivity index (χ0v) is 15.1. The molecule has 0 spiro atoms. The van der Waals surface area contributed by atoms with E-state index < -0.39 is 15.9 Å². The van der Waals surface area contributed by atoms with Gasteiger partial charge < -0.3 is 0 Å². The highest BCUT2D eigenvalue weighted by molar-refractivity contribution is 7.89. The maximum Gasteiger partial charge on any atom is 0.284 e. The van der Waals surface area contributed by atoms with E-state index in [4.69, 9.17) is 0 Å². The Kier molecular flexibility index (Phi) is 5.29. The third-order valence-corrected chi connectivity index (χ3v) is 5.17. The summed E-state index contributed by atoms with van der Waals surface area (Å²) in [4.78, 5) is 18.6. The second kappa shape index (κ2) is 7.63. The molecule has 7 heteroatoms. The number of sulfonamides is 1. The zero-order chi connectivity index (χ0) is 18.6. The Labute approximate surface area is 152 Å². The number of hydrogen-bond acceptors (Lipinski definition) is 4. The summed E-state index contributed by atoms with van der Waals surface area (Å²) in [7, 11) is -3.85. The Morgan fingerprint density at radius 2 is 1.73 bits per heavy atom. The van der Waals surface area contributed by atoms with Gasteiger partial charge in [-0.05, 0) is 36.2 Å². The molecule has 1 heterocycles. The van der Waals surface area contributed by atoms with E-state index in [1.165, 1.54) is 12.1 Å². The highest BCUT2D eigenvalue weighted by atomic mass is 32.2. The average Bonchev–Trinajstić information content (AvgIpc) is 2.66. The zero-order valence-electron chi connectivity index (χ0n) is 14.3. The Bertz CT molecular complexity index is 1030.